The lowest BCUT2D eigenvalue weighted by Gasteiger charge is -1.85. The molecule has 0 saturated carbocycles. The van der Waals surface area contributed by atoms with Gasteiger partial charge in [-0.1, -0.05) is 6.08 Å². The number of aromatic nitrogens is 2. The summed E-state index contributed by atoms with van der Waals surface area (Å²) in [6.45, 7) is 5.25. The van der Waals surface area contributed by atoms with Gasteiger partial charge < -0.3 is 10.7 Å². The Morgan fingerprint density at radius 3 is 2.42 bits per heavy atom. The molecule has 1 aromatic heterocycles. The lowest BCUT2D eigenvalue weighted by molar-refractivity contribution is 1.04. The van der Waals surface area contributed by atoms with E-state index in [0.29, 0.717) is 0 Å². The summed E-state index contributed by atoms with van der Waals surface area (Å²) in [5.74, 6) is 0. The Bertz CT molecular complexity index is 350. The van der Waals surface area contributed by atoms with E-state index in [9.17, 15) is 9.59 Å². The maximum atomic E-state index is 10.4. The van der Waals surface area contributed by atoms with Gasteiger partial charge in [0.05, 0.1) is 0 Å². The van der Waals surface area contributed by atoms with Crippen LogP contribution in [-0.4, -0.2) is 9.97 Å². The number of anilines is 1. The molecule has 5 heteroatoms. The molecule has 1 heterocycles. The molecule has 1 rings (SSSR count). The fourth-order valence-electron chi connectivity index (χ4n) is 0.420. The van der Waals surface area contributed by atoms with Gasteiger partial charge in [-0.05, 0) is 6.92 Å². The van der Waals surface area contributed by atoms with Crippen LogP contribution in [0.4, 0.5) is 5.69 Å². The molecule has 0 saturated heterocycles. The number of nitrogen functional groups attached to an aromatic ring is 1. The number of rotatable bonds is 0. The van der Waals surface area contributed by atoms with E-state index in [1.807, 2.05) is 11.9 Å². The minimum absolute atomic E-state index is 0.00889. The number of allylic oxidation sites excluding steroid dienone is 1. The van der Waals surface area contributed by atoms with Gasteiger partial charge in [0.15, 0.2) is 0 Å². The quantitative estimate of drug-likeness (QED) is 0.471. The molecule has 5 nitrogen and oxygen atoms in total. The van der Waals surface area contributed by atoms with Gasteiger partial charge in [-0.25, -0.2) is 4.79 Å². The molecule has 0 fully saturated rings. The molecule has 66 valence electrons. The summed E-state index contributed by atoms with van der Waals surface area (Å²) in [4.78, 5) is 24.9. The molecule has 0 radical (unpaired) electrons. The van der Waals surface area contributed by atoms with Crippen molar-refractivity contribution in [3.63, 3.8) is 0 Å². The fraction of sp³-hybridized carbons (Fsp3) is 0.143. The minimum atomic E-state index is -0.557. The molecule has 0 aliphatic heterocycles. The SMILES string of the molecule is C=CC.Nc1c[nH]c(=O)[nH]c1=O. The maximum absolute atomic E-state index is 10.4. The molecule has 0 aromatic carbocycles. The first-order valence-electron chi connectivity index (χ1n) is 3.26. The van der Waals surface area contributed by atoms with Crippen LogP contribution in [0.3, 0.4) is 0 Å². The van der Waals surface area contributed by atoms with Gasteiger partial charge in [-0.3, -0.25) is 9.78 Å². The topological polar surface area (TPSA) is 91.7 Å². The summed E-state index contributed by atoms with van der Waals surface area (Å²) in [6.07, 6.45) is 2.90. The first kappa shape index (κ1) is 10.2. The van der Waals surface area contributed by atoms with E-state index in [4.69, 9.17) is 5.73 Å². The minimum Gasteiger partial charge on any atom is -0.393 e. The number of nitrogens with one attached hydrogen (secondary N) is 2. The highest BCUT2D eigenvalue weighted by Crippen LogP contribution is 1.76. The highest BCUT2D eigenvalue weighted by Gasteiger charge is 1.89. The van der Waals surface area contributed by atoms with Gasteiger partial charge in [-0.15, -0.1) is 6.58 Å². The lowest BCUT2D eigenvalue weighted by Crippen LogP contribution is -2.23. The summed E-state index contributed by atoms with van der Waals surface area (Å²) in [7, 11) is 0. The predicted octanol–water partition coefficient (Wildman–Crippen LogP) is -0.162. The van der Waals surface area contributed by atoms with Crippen LogP contribution in [-0.2, 0) is 0 Å². The second kappa shape index (κ2) is 4.95. The van der Waals surface area contributed by atoms with Crippen LogP contribution >= 0.6 is 0 Å². The third-order valence-electron chi connectivity index (χ3n) is 0.848. The lowest BCUT2D eigenvalue weighted by atomic mass is 10.6. The summed E-state index contributed by atoms with van der Waals surface area (Å²) >= 11 is 0. The van der Waals surface area contributed by atoms with Crippen molar-refractivity contribution in [3.8, 4) is 0 Å². The highest BCUT2D eigenvalue weighted by atomic mass is 16.2. The van der Waals surface area contributed by atoms with Gasteiger partial charge >= 0.3 is 5.69 Å². The van der Waals surface area contributed by atoms with Crippen LogP contribution in [0.25, 0.3) is 0 Å². The third kappa shape index (κ3) is 3.40. The van der Waals surface area contributed by atoms with Crippen molar-refractivity contribution in [1.82, 2.24) is 9.97 Å². The van der Waals surface area contributed by atoms with Crippen molar-refractivity contribution >= 4 is 5.69 Å². The van der Waals surface area contributed by atoms with Crippen molar-refractivity contribution in [2.24, 2.45) is 0 Å². The van der Waals surface area contributed by atoms with E-state index in [1.54, 1.807) is 6.08 Å². The Kier molecular flexibility index (Phi) is 4.21. The average Bonchev–Trinajstić information content (AvgIpc) is 1.99. The molecule has 0 aliphatic carbocycles. The van der Waals surface area contributed by atoms with Gasteiger partial charge in [-0.2, -0.15) is 0 Å². The number of hydrogen-bond acceptors (Lipinski definition) is 3. The molecule has 0 amide bonds. The van der Waals surface area contributed by atoms with Crippen LogP contribution in [0.15, 0.2) is 28.4 Å². The van der Waals surface area contributed by atoms with E-state index >= 15 is 0 Å². The Morgan fingerprint density at radius 1 is 1.58 bits per heavy atom. The van der Waals surface area contributed by atoms with Gasteiger partial charge in [0.25, 0.3) is 5.56 Å². The summed E-state index contributed by atoms with van der Waals surface area (Å²) in [6, 6.07) is 0. The molecule has 0 aliphatic rings. The monoisotopic (exact) mass is 169 g/mol. The van der Waals surface area contributed by atoms with Crippen molar-refractivity contribution in [3.05, 3.63) is 39.7 Å². The molecule has 1 aromatic rings. The van der Waals surface area contributed by atoms with Gasteiger partial charge in [0.1, 0.15) is 5.69 Å². The van der Waals surface area contributed by atoms with E-state index < -0.39 is 11.2 Å². The van der Waals surface area contributed by atoms with Crippen LogP contribution in [0, 0.1) is 0 Å². The molecule has 0 unspecified atom stereocenters. The standard InChI is InChI=1S/C4H5N3O2.C3H6/c5-2-1-6-4(9)7-3(2)8;1-3-2/h1H,5H2,(H2,6,7,8,9);3H,1H2,2H3. The summed E-state index contributed by atoms with van der Waals surface area (Å²) in [5, 5.41) is 0. The smallest absolute Gasteiger partial charge is 0.325 e. The number of aromatic amines is 2. The summed E-state index contributed by atoms with van der Waals surface area (Å²) < 4.78 is 0. The first-order valence-corrected chi connectivity index (χ1v) is 3.26. The van der Waals surface area contributed by atoms with Gasteiger partial charge in [0.2, 0.25) is 0 Å². The van der Waals surface area contributed by atoms with Crippen molar-refractivity contribution in [2.45, 2.75) is 6.92 Å². The molecular formula is C7H11N3O2. The Labute approximate surface area is 68.9 Å². The van der Waals surface area contributed by atoms with E-state index in [2.05, 4.69) is 11.6 Å². The zero-order valence-electron chi connectivity index (χ0n) is 6.76. The van der Waals surface area contributed by atoms with Crippen molar-refractivity contribution in [1.29, 1.82) is 0 Å². The third-order valence-corrected chi connectivity index (χ3v) is 0.848. The zero-order chi connectivity index (χ0) is 9.56. The molecule has 0 spiro atoms. The maximum Gasteiger partial charge on any atom is 0.325 e. The molecule has 0 atom stereocenters. The Hall–Kier alpha value is -1.78. The molecular weight excluding hydrogens is 158 g/mol. The van der Waals surface area contributed by atoms with Crippen molar-refractivity contribution < 1.29 is 0 Å². The average molecular weight is 169 g/mol. The normalized spacial score (nSPS) is 8.08. The number of H-pyrrole nitrogens is 2. The fourth-order valence-corrected chi connectivity index (χ4v) is 0.420. The molecule has 0 bridgehead atoms. The van der Waals surface area contributed by atoms with Crippen LogP contribution in [0.2, 0.25) is 0 Å². The molecule has 12 heavy (non-hydrogen) atoms. The second-order valence-electron chi connectivity index (χ2n) is 1.94. The zero-order valence-corrected chi connectivity index (χ0v) is 6.76. The molecule has 4 N–H and O–H groups in total. The first-order chi connectivity index (χ1) is 5.61. The van der Waals surface area contributed by atoms with E-state index in [-0.39, 0.29) is 5.69 Å². The van der Waals surface area contributed by atoms with Crippen LogP contribution in [0.5, 0.6) is 0 Å². The van der Waals surface area contributed by atoms with Crippen molar-refractivity contribution in [2.75, 3.05) is 5.73 Å². The number of hydrogen-bond donors (Lipinski definition) is 3. The van der Waals surface area contributed by atoms with Gasteiger partial charge in [0, 0.05) is 6.20 Å². The Balaban J connectivity index is 0.000000354. The predicted molar refractivity (Wildman–Crippen MR) is 48.0 cm³/mol. The largest absolute Gasteiger partial charge is 0.393 e. The second-order valence-corrected chi connectivity index (χ2v) is 1.94. The highest BCUT2D eigenvalue weighted by molar-refractivity contribution is 5.29. The summed E-state index contributed by atoms with van der Waals surface area (Å²) in [5.41, 5.74) is 3.98. The van der Waals surface area contributed by atoms with E-state index in [1.165, 1.54) is 0 Å². The number of nitrogens with two attached hydrogens (primary N) is 1. The van der Waals surface area contributed by atoms with E-state index in [0.717, 1.165) is 6.20 Å². The Morgan fingerprint density at radius 2 is 2.08 bits per heavy atom. The van der Waals surface area contributed by atoms with Crippen LogP contribution < -0.4 is 17.0 Å². The van der Waals surface area contributed by atoms with Crippen LogP contribution in [0.1, 0.15) is 6.92 Å².